The van der Waals surface area contributed by atoms with Gasteiger partial charge in [0, 0.05) is 24.8 Å². The number of aromatic nitrogens is 2. The molecule has 0 radical (unpaired) electrons. The van der Waals surface area contributed by atoms with Gasteiger partial charge < -0.3 is 10.2 Å². The van der Waals surface area contributed by atoms with Crippen LogP contribution in [0.3, 0.4) is 0 Å². The Morgan fingerprint density at radius 2 is 2.00 bits per heavy atom. The summed E-state index contributed by atoms with van der Waals surface area (Å²) in [6.45, 7) is 4.09. The van der Waals surface area contributed by atoms with E-state index in [1.165, 1.54) is 0 Å². The van der Waals surface area contributed by atoms with Crippen LogP contribution in [-0.2, 0) is 0 Å². The lowest BCUT2D eigenvalue weighted by molar-refractivity contribution is 0.441. The summed E-state index contributed by atoms with van der Waals surface area (Å²) in [5, 5.41) is 3.69. The lowest BCUT2D eigenvalue weighted by Crippen LogP contribution is -2.41. The summed E-state index contributed by atoms with van der Waals surface area (Å²) in [4.78, 5) is 10.6. The monoisotopic (exact) mass is 276 g/mol. The van der Waals surface area contributed by atoms with Crippen LogP contribution in [0.2, 0.25) is 5.28 Å². The maximum absolute atomic E-state index is 5.87. The molecule has 1 N–H and O–H groups in total. The number of nitrogens with zero attached hydrogens (tertiary/aromatic N) is 3. The van der Waals surface area contributed by atoms with Crippen LogP contribution < -0.4 is 10.2 Å². The third kappa shape index (κ3) is 3.69. The minimum Gasteiger partial charge on any atom is -0.356 e. The molecule has 0 amide bonds. The summed E-state index contributed by atoms with van der Waals surface area (Å²) >= 11 is 5.87. The van der Waals surface area contributed by atoms with Crippen LogP contribution in [0.25, 0.3) is 0 Å². The summed E-state index contributed by atoms with van der Waals surface area (Å²) in [5.74, 6) is 0.921. The molecule has 1 aromatic rings. The van der Waals surface area contributed by atoms with Crippen LogP contribution in [0.1, 0.15) is 18.5 Å². The largest absolute Gasteiger partial charge is 0.356 e. The predicted molar refractivity (Wildman–Crippen MR) is 73.3 cm³/mol. The van der Waals surface area contributed by atoms with Crippen molar-refractivity contribution in [2.45, 2.75) is 25.8 Å². The first-order valence-corrected chi connectivity index (χ1v) is 5.99. The Labute approximate surface area is 113 Å². The lowest BCUT2D eigenvalue weighted by atomic mass is 10.1. The quantitative estimate of drug-likeness (QED) is 0.840. The summed E-state index contributed by atoms with van der Waals surface area (Å²) < 4.78 is 0. The first kappa shape index (κ1) is 14.5. The van der Waals surface area contributed by atoms with E-state index in [-0.39, 0.29) is 12.4 Å². The summed E-state index contributed by atoms with van der Waals surface area (Å²) in [6, 6.07) is 2.53. The molecular weight excluding hydrogens is 259 g/mol. The van der Waals surface area contributed by atoms with E-state index in [1.54, 1.807) is 0 Å². The molecule has 1 aliphatic heterocycles. The zero-order chi connectivity index (χ0) is 11.5. The number of nitrogens with one attached hydrogen (secondary N) is 1. The molecule has 0 aromatic carbocycles. The van der Waals surface area contributed by atoms with Gasteiger partial charge in [-0.25, -0.2) is 9.97 Å². The number of aryl methyl sites for hydroxylation is 1. The Morgan fingerprint density at radius 3 is 2.59 bits per heavy atom. The van der Waals surface area contributed by atoms with E-state index in [0.717, 1.165) is 37.4 Å². The van der Waals surface area contributed by atoms with Crippen LogP contribution in [-0.4, -0.2) is 36.1 Å². The van der Waals surface area contributed by atoms with Gasteiger partial charge in [0.05, 0.1) is 0 Å². The van der Waals surface area contributed by atoms with E-state index in [9.17, 15) is 0 Å². The summed E-state index contributed by atoms with van der Waals surface area (Å²) in [6.07, 6.45) is 2.30. The van der Waals surface area contributed by atoms with Gasteiger partial charge in [-0.3, -0.25) is 0 Å². The molecule has 0 aliphatic carbocycles. The first-order chi connectivity index (χ1) is 7.66. The molecule has 2 rings (SSSR count). The summed E-state index contributed by atoms with van der Waals surface area (Å²) in [7, 11) is 2.08. The average Bonchev–Trinajstić information content (AvgIpc) is 2.28. The van der Waals surface area contributed by atoms with Crippen LogP contribution in [0.5, 0.6) is 0 Å². The van der Waals surface area contributed by atoms with E-state index in [0.29, 0.717) is 11.3 Å². The number of rotatable bonds is 2. The van der Waals surface area contributed by atoms with E-state index in [2.05, 4.69) is 27.2 Å². The van der Waals surface area contributed by atoms with Gasteiger partial charge in [-0.1, -0.05) is 0 Å². The van der Waals surface area contributed by atoms with Gasteiger partial charge in [-0.2, -0.15) is 0 Å². The van der Waals surface area contributed by atoms with Crippen molar-refractivity contribution in [2.75, 3.05) is 25.0 Å². The van der Waals surface area contributed by atoms with E-state index >= 15 is 0 Å². The van der Waals surface area contributed by atoms with Crippen molar-refractivity contribution >= 4 is 29.8 Å². The highest BCUT2D eigenvalue weighted by Crippen LogP contribution is 2.19. The number of hydrogen-bond donors (Lipinski definition) is 1. The Morgan fingerprint density at radius 1 is 1.35 bits per heavy atom. The molecule has 0 atom stereocenters. The first-order valence-electron chi connectivity index (χ1n) is 5.61. The third-order valence-corrected chi connectivity index (χ3v) is 3.20. The molecule has 96 valence electrons. The van der Waals surface area contributed by atoms with Crippen LogP contribution in [0, 0.1) is 6.92 Å². The van der Waals surface area contributed by atoms with Gasteiger partial charge in [0.25, 0.3) is 0 Å². The van der Waals surface area contributed by atoms with Crippen molar-refractivity contribution in [3.8, 4) is 0 Å². The van der Waals surface area contributed by atoms with Crippen LogP contribution in [0.15, 0.2) is 6.07 Å². The van der Waals surface area contributed by atoms with Crippen LogP contribution in [0.4, 0.5) is 5.82 Å². The number of anilines is 1. The second kappa shape index (κ2) is 6.38. The number of halogens is 2. The minimum absolute atomic E-state index is 0. The molecule has 0 spiro atoms. The summed E-state index contributed by atoms with van der Waals surface area (Å²) in [5.41, 5.74) is 0.913. The fourth-order valence-electron chi connectivity index (χ4n) is 2.08. The number of hydrogen-bond acceptors (Lipinski definition) is 4. The normalized spacial score (nSPS) is 16.4. The van der Waals surface area contributed by atoms with Crippen molar-refractivity contribution in [3.63, 3.8) is 0 Å². The van der Waals surface area contributed by atoms with E-state index < -0.39 is 0 Å². The SMILES string of the molecule is Cc1cc(N(C)C2CCNCC2)nc(Cl)n1.Cl. The Hall–Kier alpha value is -0.580. The number of piperidine rings is 1. The molecule has 2 heterocycles. The standard InChI is InChI=1S/C11H17ClN4.ClH/c1-8-7-10(15-11(12)14-8)16(2)9-3-5-13-6-4-9;/h7,9,13H,3-6H2,1-2H3;1H. The molecule has 1 saturated heterocycles. The molecule has 4 nitrogen and oxygen atoms in total. The Bertz CT molecular complexity index is 346. The second-order valence-electron chi connectivity index (χ2n) is 4.23. The lowest BCUT2D eigenvalue weighted by Gasteiger charge is -2.32. The molecule has 0 saturated carbocycles. The maximum atomic E-state index is 5.87. The topological polar surface area (TPSA) is 41.0 Å². The Balaban J connectivity index is 0.00000144. The van der Waals surface area contributed by atoms with Crippen molar-refractivity contribution in [1.29, 1.82) is 0 Å². The molecule has 1 aromatic heterocycles. The van der Waals surface area contributed by atoms with E-state index in [4.69, 9.17) is 11.6 Å². The van der Waals surface area contributed by atoms with E-state index in [1.807, 2.05) is 13.0 Å². The van der Waals surface area contributed by atoms with Gasteiger partial charge in [-0.05, 0) is 44.5 Å². The fraction of sp³-hybridized carbons (Fsp3) is 0.636. The zero-order valence-electron chi connectivity index (χ0n) is 10.1. The van der Waals surface area contributed by atoms with Gasteiger partial charge in [0.1, 0.15) is 5.82 Å². The highest BCUT2D eigenvalue weighted by atomic mass is 35.5. The van der Waals surface area contributed by atoms with Gasteiger partial charge in [-0.15, -0.1) is 12.4 Å². The molecule has 0 bridgehead atoms. The zero-order valence-corrected chi connectivity index (χ0v) is 11.7. The average molecular weight is 277 g/mol. The van der Waals surface area contributed by atoms with Crippen LogP contribution >= 0.6 is 24.0 Å². The molecular formula is C11H18Cl2N4. The molecule has 1 aliphatic rings. The van der Waals surface area contributed by atoms with Crippen molar-refractivity contribution in [3.05, 3.63) is 17.0 Å². The van der Waals surface area contributed by atoms with Crippen molar-refractivity contribution in [2.24, 2.45) is 0 Å². The Kier molecular flexibility index (Phi) is 5.43. The highest BCUT2D eigenvalue weighted by Gasteiger charge is 2.19. The van der Waals surface area contributed by atoms with Gasteiger partial charge in [0.15, 0.2) is 0 Å². The maximum Gasteiger partial charge on any atom is 0.224 e. The minimum atomic E-state index is 0. The smallest absolute Gasteiger partial charge is 0.224 e. The molecule has 17 heavy (non-hydrogen) atoms. The predicted octanol–water partition coefficient (Wildman–Crippen LogP) is 2.05. The molecule has 6 heteroatoms. The molecule has 0 unspecified atom stereocenters. The van der Waals surface area contributed by atoms with Crippen molar-refractivity contribution in [1.82, 2.24) is 15.3 Å². The van der Waals surface area contributed by atoms with Gasteiger partial charge in [0.2, 0.25) is 5.28 Å². The van der Waals surface area contributed by atoms with Crippen molar-refractivity contribution < 1.29 is 0 Å². The fourth-order valence-corrected chi connectivity index (χ4v) is 2.30. The molecule has 1 fully saturated rings. The van der Waals surface area contributed by atoms with Gasteiger partial charge >= 0.3 is 0 Å². The highest BCUT2D eigenvalue weighted by molar-refractivity contribution is 6.28. The second-order valence-corrected chi connectivity index (χ2v) is 4.57. The third-order valence-electron chi connectivity index (χ3n) is 3.03.